The topological polar surface area (TPSA) is 76.6 Å². The predicted molar refractivity (Wildman–Crippen MR) is 126 cm³/mol. The van der Waals surface area contributed by atoms with E-state index in [2.05, 4.69) is 34.3 Å². The van der Waals surface area contributed by atoms with E-state index in [9.17, 15) is 13.5 Å². The summed E-state index contributed by atoms with van der Waals surface area (Å²) in [7, 11) is 0.0408. The molecule has 6 nitrogen and oxygen atoms in total. The number of aromatic amines is 1. The molecule has 1 aliphatic carbocycles. The van der Waals surface area contributed by atoms with E-state index in [1.165, 1.54) is 20.8 Å². The highest BCUT2D eigenvalue weighted by atomic mass is 32.2. The lowest BCUT2D eigenvalue weighted by molar-refractivity contribution is 0.0391. The number of H-pyrrole nitrogens is 1. The molecule has 1 aromatic carbocycles. The zero-order chi connectivity index (χ0) is 22.1. The molecule has 1 saturated carbocycles. The maximum absolute atomic E-state index is 12.2. The van der Waals surface area contributed by atoms with Crippen molar-refractivity contribution < 1.29 is 13.5 Å². The summed E-state index contributed by atoms with van der Waals surface area (Å²) >= 11 is 0. The summed E-state index contributed by atoms with van der Waals surface area (Å²) in [6.45, 7) is 1.57. The molecule has 1 atom stereocenters. The summed E-state index contributed by atoms with van der Waals surface area (Å²) in [5.41, 5.74) is 3.28. The van der Waals surface area contributed by atoms with Crippen molar-refractivity contribution in [3.8, 4) is 0 Å². The van der Waals surface area contributed by atoms with Crippen LogP contribution in [-0.2, 0) is 22.9 Å². The average Bonchev–Trinajstić information content (AvgIpc) is 3.46. The minimum absolute atomic E-state index is 0.178. The lowest BCUT2D eigenvalue weighted by atomic mass is 9.92. The number of fused-ring (bicyclic) bond motifs is 1. The Labute approximate surface area is 186 Å². The van der Waals surface area contributed by atoms with Crippen LogP contribution in [-0.4, -0.2) is 72.3 Å². The van der Waals surface area contributed by atoms with Crippen LogP contribution >= 0.6 is 0 Å². The predicted octanol–water partition coefficient (Wildman–Crippen LogP) is 3.30. The Hall–Kier alpha value is -1.41. The molecular weight excluding hydrogens is 410 g/mol. The van der Waals surface area contributed by atoms with E-state index in [0.29, 0.717) is 12.6 Å². The Balaban J connectivity index is 1.42. The zero-order valence-corrected chi connectivity index (χ0v) is 19.8. The van der Waals surface area contributed by atoms with Crippen molar-refractivity contribution in [3.63, 3.8) is 0 Å². The lowest BCUT2D eigenvalue weighted by Gasteiger charge is -2.25. The van der Waals surface area contributed by atoms with Gasteiger partial charge in [0.25, 0.3) is 0 Å². The number of nitrogens with one attached hydrogen (secondary N) is 1. The van der Waals surface area contributed by atoms with Crippen molar-refractivity contribution in [1.82, 2.24) is 14.2 Å². The molecule has 2 fully saturated rings. The molecular formula is C24H37N3O3S. The largest absolute Gasteiger partial charge is 0.390 e. The zero-order valence-electron chi connectivity index (χ0n) is 18.9. The van der Waals surface area contributed by atoms with Crippen LogP contribution in [0.15, 0.2) is 24.4 Å². The van der Waals surface area contributed by atoms with Gasteiger partial charge in [0.05, 0.1) is 11.4 Å². The van der Waals surface area contributed by atoms with Gasteiger partial charge in [0.1, 0.15) is 0 Å². The standard InChI is InChI=1S/C24H37N3O3S/c1-26(2)31(29,30)15-14-27-13-5-6-21(27)17-20-18-25-23-8-7-19(16-22(20)23)9-12-24(28)10-3-4-11-24/h7-8,16,18,21,25,28H,3-6,9-15,17H2,1-2H3/t21-/m1/s1. The maximum atomic E-state index is 12.2. The first-order valence-corrected chi connectivity index (χ1v) is 13.3. The fraction of sp³-hybridized carbons (Fsp3) is 0.667. The van der Waals surface area contributed by atoms with Gasteiger partial charge in [0.15, 0.2) is 0 Å². The molecule has 1 aliphatic heterocycles. The third-order valence-electron chi connectivity index (χ3n) is 7.39. The number of hydrogen-bond acceptors (Lipinski definition) is 4. The van der Waals surface area contributed by atoms with E-state index in [4.69, 9.17) is 0 Å². The van der Waals surface area contributed by atoms with Gasteiger partial charge < -0.3 is 10.1 Å². The number of benzene rings is 1. The van der Waals surface area contributed by atoms with Gasteiger partial charge in [0, 0.05) is 43.8 Å². The van der Waals surface area contributed by atoms with Crippen molar-refractivity contribution >= 4 is 20.9 Å². The highest BCUT2D eigenvalue weighted by molar-refractivity contribution is 7.89. The first-order chi connectivity index (χ1) is 14.8. The Morgan fingerprint density at radius 1 is 1.23 bits per heavy atom. The Morgan fingerprint density at radius 2 is 2.00 bits per heavy atom. The van der Waals surface area contributed by atoms with Crippen LogP contribution in [0.5, 0.6) is 0 Å². The minimum atomic E-state index is -3.16. The molecule has 2 aliphatic rings. The van der Waals surface area contributed by atoms with Gasteiger partial charge in [-0.25, -0.2) is 12.7 Å². The first kappa shape index (κ1) is 22.8. The van der Waals surface area contributed by atoms with Gasteiger partial charge in [-0.3, -0.25) is 4.90 Å². The molecule has 1 saturated heterocycles. The van der Waals surface area contributed by atoms with Crippen LogP contribution in [0, 0.1) is 0 Å². The monoisotopic (exact) mass is 447 g/mol. The van der Waals surface area contributed by atoms with Crippen molar-refractivity contribution in [3.05, 3.63) is 35.5 Å². The highest BCUT2D eigenvalue weighted by Crippen LogP contribution is 2.34. The number of aliphatic hydroxyl groups is 1. The lowest BCUT2D eigenvalue weighted by Crippen LogP contribution is -2.37. The summed E-state index contributed by atoms with van der Waals surface area (Å²) in [4.78, 5) is 5.76. The van der Waals surface area contributed by atoms with Crippen LogP contribution < -0.4 is 0 Å². The summed E-state index contributed by atoms with van der Waals surface area (Å²) in [5.74, 6) is 0.178. The molecule has 7 heteroatoms. The number of aryl methyl sites for hydroxylation is 1. The Bertz CT molecular complexity index is 993. The van der Waals surface area contributed by atoms with Crippen LogP contribution in [0.1, 0.15) is 56.1 Å². The van der Waals surface area contributed by atoms with Crippen molar-refractivity contribution in [1.29, 1.82) is 0 Å². The van der Waals surface area contributed by atoms with Gasteiger partial charge in [0.2, 0.25) is 10.0 Å². The molecule has 2 N–H and O–H groups in total. The normalized spacial score (nSPS) is 22.1. The molecule has 2 aromatic rings. The van der Waals surface area contributed by atoms with Gasteiger partial charge in [-0.2, -0.15) is 0 Å². The number of nitrogens with zero attached hydrogens (tertiary/aromatic N) is 2. The number of rotatable bonds is 9. The fourth-order valence-electron chi connectivity index (χ4n) is 5.30. The van der Waals surface area contributed by atoms with Crippen LogP contribution in [0.25, 0.3) is 10.9 Å². The van der Waals surface area contributed by atoms with Crippen molar-refractivity contribution in [2.24, 2.45) is 0 Å². The van der Waals surface area contributed by atoms with E-state index in [1.807, 2.05) is 0 Å². The van der Waals surface area contributed by atoms with Crippen LogP contribution in [0.4, 0.5) is 0 Å². The number of likely N-dealkylation sites (tertiary alicyclic amines) is 1. The molecule has 2 heterocycles. The minimum Gasteiger partial charge on any atom is -0.390 e. The van der Waals surface area contributed by atoms with E-state index in [0.717, 1.165) is 69.8 Å². The van der Waals surface area contributed by atoms with Crippen molar-refractivity contribution in [2.75, 3.05) is 32.9 Å². The Morgan fingerprint density at radius 3 is 2.74 bits per heavy atom. The molecule has 0 amide bonds. The van der Waals surface area contributed by atoms with E-state index < -0.39 is 15.6 Å². The van der Waals surface area contributed by atoms with Crippen LogP contribution in [0.3, 0.4) is 0 Å². The smallest absolute Gasteiger partial charge is 0.214 e. The quantitative estimate of drug-likeness (QED) is 0.618. The fourth-order valence-corrected chi connectivity index (χ4v) is 6.13. The van der Waals surface area contributed by atoms with Crippen molar-refractivity contribution in [2.45, 2.75) is 69.4 Å². The maximum Gasteiger partial charge on any atom is 0.214 e. The second-order valence-corrected chi connectivity index (χ2v) is 12.1. The van der Waals surface area contributed by atoms with Crippen LogP contribution in [0.2, 0.25) is 0 Å². The third kappa shape index (κ3) is 5.33. The molecule has 172 valence electrons. The number of sulfonamides is 1. The second-order valence-electron chi connectivity index (χ2n) is 9.76. The Kier molecular flexibility index (Phi) is 6.77. The molecule has 1 aromatic heterocycles. The van der Waals surface area contributed by atoms with Gasteiger partial charge in [-0.1, -0.05) is 18.9 Å². The summed E-state index contributed by atoms with van der Waals surface area (Å²) in [6.07, 6.45) is 11.2. The number of hydrogen-bond donors (Lipinski definition) is 2. The third-order valence-corrected chi connectivity index (χ3v) is 9.20. The molecule has 0 spiro atoms. The molecule has 31 heavy (non-hydrogen) atoms. The van der Waals surface area contributed by atoms with E-state index >= 15 is 0 Å². The molecule has 0 radical (unpaired) electrons. The van der Waals surface area contributed by atoms with E-state index in [1.54, 1.807) is 14.1 Å². The molecule has 4 rings (SSSR count). The summed E-state index contributed by atoms with van der Waals surface area (Å²) < 4.78 is 25.7. The summed E-state index contributed by atoms with van der Waals surface area (Å²) in [6, 6.07) is 7.01. The second kappa shape index (κ2) is 9.22. The summed E-state index contributed by atoms with van der Waals surface area (Å²) in [5, 5.41) is 12.0. The van der Waals surface area contributed by atoms with E-state index in [-0.39, 0.29) is 5.75 Å². The first-order valence-electron chi connectivity index (χ1n) is 11.7. The highest BCUT2D eigenvalue weighted by Gasteiger charge is 2.30. The van der Waals surface area contributed by atoms with Gasteiger partial charge in [-0.05, 0) is 74.8 Å². The molecule has 0 unspecified atom stereocenters. The molecule has 0 bridgehead atoms. The number of aromatic nitrogens is 1. The van der Waals surface area contributed by atoms with Gasteiger partial charge >= 0.3 is 0 Å². The van der Waals surface area contributed by atoms with Gasteiger partial charge in [-0.15, -0.1) is 0 Å². The SMILES string of the molecule is CN(C)S(=O)(=O)CCN1CCC[C@@H]1Cc1c[nH]c2ccc(CCC3(O)CCCC3)cc12. The average molecular weight is 448 g/mol.